The van der Waals surface area contributed by atoms with Crippen molar-refractivity contribution < 1.29 is 4.79 Å². The zero-order chi connectivity index (χ0) is 17.1. The molecule has 1 unspecified atom stereocenters. The van der Waals surface area contributed by atoms with Crippen LogP contribution in [0.15, 0.2) is 30.3 Å². The molecule has 1 N–H and O–H groups in total. The molecular weight excluding hydrogens is 312 g/mol. The number of nitrogens with zero attached hydrogens (tertiary/aromatic N) is 3. The Morgan fingerprint density at radius 1 is 1.00 bits per heavy atom. The summed E-state index contributed by atoms with van der Waals surface area (Å²) in [4.78, 5) is 19.8. The van der Waals surface area contributed by atoms with Gasteiger partial charge in [-0.3, -0.25) is 0 Å². The summed E-state index contributed by atoms with van der Waals surface area (Å²) in [7, 11) is 0. The molecule has 0 spiro atoms. The smallest absolute Gasteiger partial charge is 0.317 e. The molecule has 136 valence electrons. The number of fused-ring (bicyclic) bond motifs is 4. The quantitative estimate of drug-likeness (QED) is 0.907. The first-order valence-corrected chi connectivity index (χ1v) is 9.84. The van der Waals surface area contributed by atoms with E-state index in [1.54, 1.807) is 0 Å². The third kappa shape index (κ3) is 4.15. The van der Waals surface area contributed by atoms with Gasteiger partial charge in [0.1, 0.15) is 0 Å². The van der Waals surface area contributed by atoms with Crippen LogP contribution in [0.25, 0.3) is 0 Å². The van der Waals surface area contributed by atoms with Gasteiger partial charge in [-0.2, -0.15) is 0 Å². The SMILES string of the molecule is O=C(NC1CCN(CCc2ccccc2)C1)N1CCN2CCC1CC2. The van der Waals surface area contributed by atoms with Crippen LogP contribution in [0.4, 0.5) is 4.79 Å². The Balaban J connectivity index is 1.24. The second kappa shape index (κ2) is 7.75. The van der Waals surface area contributed by atoms with Crippen molar-refractivity contribution in [3.05, 3.63) is 35.9 Å². The van der Waals surface area contributed by atoms with Gasteiger partial charge in [-0.15, -0.1) is 0 Å². The molecule has 0 aliphatic carbocycles. The minimum Gasteiger partial charge on any atom is -0.334 e. The summed E-state index contributed by atoms with van der Waals surface area (Å²) in [5, 5.41) is 3.31. The van der Waals surface area contributed by atoms with Gasteiger partial charge in [-0.25, -0.2) is 4.79 Å². The number of carbonyl (C=O) groups excluding carboxylic acids is 1. The van der Waals surface area contributed by atoms with Crippen molar-refractivity contribution in [2.24, 2.45) is 0 Å². The van der Waals surface area contributed by atoms with Crippen LogP contribution in [0.1, 0.15) is 24.8 Å². The van der Waals surface area contributed by atoms with E-state index < -0.39 is 0 Å². The van der Waals surface area contributed by atoms with Gasteiger partial charge in [-0.05, 0) is 31.2 Å². The van der Waals surface area contributed by atoms with E-state index in [1.807, 2.05) is 0 Å². The monoisotopic (exact) mass is 342 g/mol. The Hall–Kier alpha value is -1.59. The van der Waals surface area contributed by atoms with Gasteiger partial charge >= 0.3 is 6.03 Å². The highest BCUT2D eigenvalue weighted by Crippen LogP contribution is 2.21. The first-order valence-electron chi connectivity index (χ1n) is 9.84. The van der Waals surface area contributed by atoms with Gasteiger partial charge in [0.2, 0.25) is 0 Å². The molecule has 1 atom stereocenters. The van der Waals surface area contributed by atoms with E-state index in [4.69, 9.17) is 0 Å². The first-order chi connectivity index (χ1) is 12.3. The number of urea groups is 1. The normalized spacial score (nSPS) is 29.6. The lowest BCUT2D eigenvalue weighted by atomic mass is 10.1. The van der Waals surface area contributed by atoms with E-state index in [0.717, 1.165) is 71.5 Å². The number of nitrogens with one attached hydrogen (secondary N) is 1. The largest absolute Gasteiger partial charge is 0.334 e. The molecule has 25 heavy (non-hydrogen) atoms. The molecule has 0 radical (unpaired) electrons. The molecule has 4 heterocycles. The van der Waals surface area contributed by atoms with Gasteiger partial charge < -0.3 is 20.0 Å². The molecule has 4 saturated heterocycles. The number of hydrogen-bond donors (Lipinski definition) is 1. The maximum atomic E-state index is 12.8. The highest BCUT2D eigenvalue weighted by Gasteiger charge is 2.33. The fraction of sp³-hybridized carbons (Fsp3) is 0.650. The van der Waals surface area contributed by atoms with E-state index in [0.29, 0.717) is 12.1 Å². The van der Waals surface area contributed by atoms with Crippen molar-refractivity contribution in [3.63, 3.8) is 0 Å². The Kier molecular flexibility index (Phi) is 5.22. The molecule has 2 amide bonds. The summed E-state index contributed by atoms with van der Waals surface area (Å²) in [6.45, 7) is 7.41. The second-order valence-electron chi connectivity index (χ2n) is 7.74. The molecule has 4 aliphatic rings. The third-order valence-corrected chi connectivity index (χ3v) is 6.08. The van der Waals surface area contributed by atoms with E-state index in [2.05, 4.69) is 50.3 Å². The van der Waals surface area contributed by atoms with Gasteiger partial charge in [0, 0.05) is 57.9 Å². The number of rotatable bonds is 4. The lowest BCUT2D eigenvalue weighted by Crippen LogP contribution is -2.50. The Labute approximate surface area is 151 Å². The maximum absolute atomic E-state index is 12.8. The van der Waals surface area contributed by atoms with Gasteiger partial charge in [0.15, 0.2) is 0 Å². The van der Waals surface area contributed by atoms with Crippen LogP contribution >= 0.6 is 0 Å². The maximum Gasteiger partial charge on any atom is 0.317 e. The second-order valence-corrected chi connectivity index (χ2v) is 7.74. The number of piperidine rings is 1. The zero-order valence-corrected chi connectivity index (χ0v) is 15.1. The summed E-state index contributed by atoms with van der Waals surface area (Å²) in [5.41, 5.74) is 1.39. The molecule has 1 aromatic carbocycles. The predicted octanol–water partition coefficient (Wildman–Crippen LogP) is 1.79. The number of benzene rings is 1. The third-order valence-electron chi connectivity index (χ3n) is 6.08. The zero-order valence-electron chi connectivity index (χ0n) is 15.1. The topological polar surface area (TPSA) is 38.8 Å². The van der Waals surface area contributed by atoms with E-state index in [1.165, 1.54) is 5.56 Å². The average Bonchev–Trinajstić information content (AvgIpc) is 2.87. The highest BCUT2D eigenvalue weighted by atomic mass is 16.2. The summed E-state index contributed by atoms with van der Waals surface area (Å²) in [6, 6.07) is 11.6. The Morgan fingerprint density at radius 3 is 2.60 bits per heavy atom. The number of hydrogen-bond acceptors (Lipinski definition) is 3. The van der Waals surface area contributed by atoms with E-state index >= 15 is 0 Å². The molecule has 5 rings (SSSR count). The molecule has 0 aromatic heterocycles. The number of carbonyl (C=O) groups is 1. The summed E-state index contributed by atoms with van der Waals surface area (Å²) in [6.07, 6.45) is 4.44. The highest BCUT2D eigenvalue weighted by molar-refractivity contribution is 5.75. The molecule has 5 heteroatoms. The van der Waals surface area contributed by atoms with Crippen molar-refractivity contribution in [2.75, 3.05) is 45.8 Å². The molecule has 5 nitrogen and oxygen atoms in total. The van der Waals surface area contributed by atoms with Crippen molar-refractivity contribution >= 4 is 6.03 Å². The molecule has 0 saturated carbocycles. The van der Waals surface area contributed by atoms with Crippen molar-refractivity contribution in [1.29, 1.82) is 0 Å². The molecule has 1 aromatic rings. The molecule has 2 bridgehead atoms. The van der Waals surface area contributed by atoms with Crippen LogP contribution in [-0.2, 0) is 6.42 Å². The lowest BCUT2D eigenvalue weighted by Gasteiger charge is -2.32. The van der Waals surface area contributed by atoms with Crippen LogP contribution in [0, 0.1) is 0 Å². The lowest BCUT2D eigenvalue weighted by molar-refractivity contribution is 0.167. The number of likely N-dealkylation sites (tertiary alicyclic amines) is 1. The Morgan fingerprint density at radius 2 is 1.80 bits per heavy atom. The van der Waals surface area contributed by atoms with Crippen LogP contribution in [0.3, 0.4) is 0 Å². The number of amides is 2. The summed E-state index contributed by atoms with van der Waals surface area (Å²) in [5.74, 6) is 0. The van der Waals surface area contributed by atoms with E-state index in [9.17, 15) is 4.79 Å². The van der Waals surface area contributed by atoms with Gasteiger partial charge in [0.25, 0.3) is 0 Å². The van der Waals surface area contributed by atoms with E-state index in [-0.39, 0.29) is 6.03 Å². The summed E-state index contributed by atoms with van der Waals surface area (Å²) < 4.78 is 0. The molecular formula is C20H30N4O. The van der Waals surface area contributed by atoms with Crippen molar-refractivity contribution in [1.82, 2.24) is 20.0 Å². The van der Waals surface area contributed by atoms with Crippen LogP contribution in [0.5, 0.6) is 0 Å². The van der Waals surface area contributed by atoms with Crippen molar-refractivity contribution in [2.45, 2.75) is 37.8 Å². The van der Waals surface area contributed by atoms with Crippen LogP contribution < -0.4 is 5.32 Å². The standard InChI is InChI=1S/C20H30N4O/c25-20(24-15-14-22-12-8-19(24)9-13-22)21-18-7-11-23(16-18)10-6-17-4-2-1-3-5-17/h1-5,18-19H,6-16H2,(H,21,25). The molecule has 4 aliphatic heterocycles. The summed E-state index contributed by atoms with van der Waals surface area (Å²) >= 11 is 0. The minimum absolute atomic E-state index is 0.170. The average molecular weight is 342 g/mol. The molecule has 4 fully saturated rings. The van der Waals surface area contributed by atoms with Crippen LogP contribution in [-0.4, -0.2) is 78.6 Å². The predicted molar refractivity (Wildman–Crippen MR) is 99.7 cm³/mol. The fourth-order valence-electron chi connectivity index (χ4n) is 4.50. The minimum atomic E-state index is 0.170. The van der Waals surface area contributed by atoms with Crippen molar-refractivity contribution in [3.8, 4) is 0 Å². The Bertz CT molecular complexity index is 570. The first kappa shape index (κ1) is 16.9. The van der Waals surface area contributed by atoms with Gasteiger partial charge in [-0.1, -0.05) is 30.3 Å². The fourth-order valence-corrected chi connectivity index (χ4v) is 4.50. The van der Waals surface area contributed by atoms with Crippen LogP contribution in [0.2, 0.25) is 0 Å². The van der Waals surface area contributed by atoms with Gasteiger partial charge in [0.05, 0.1) is 0 Å².